The lowest BCUT2D eigenvalue weighted by Crippen LogP contribution is -1.97. The van der Waals surface area contributed by atoms with Crippen LogP contribution in [0.3, 0.4) is 0 Å². The second-order valence-corrected chi connectivity index (χ2v) is 4.25. The predicted octanol–water partition coefficient (Wildman–Crippen LogP) is 2.60. The third-order valence-electron chi connectivity index (χ3n) is 1.98. The Bertz CT molecular complexity index is 590. The van der Waals surface area contributed by atoms with E-state index in [0.717, 1.165) is 36.3 Å². The molecule has 18 heavy (non-hydrogen) atoms. The largest absolute Gasteiger partial charge is 0.478 e. The standard InChI is InChI=1S/C11H6F2N2O2S/c12-7-4-14-11(15-5-7)18-9-3-6(10(16)17)1-2-8(9)13/h1-5H,(H,16,17). The van der Waals surface area contributed by atoms with Gasteiger partial charge in [0.1, 0.15) is 5.82 Å². The molecule has 2 rings (SSSR count). The van der Waals surface area contributed by atoms with Gasteiger partial charge >= 0.3 is 5.97 Å². The van der Waals surface area contributed by atoms with Crippen molar-refractivity contribution in [2.75, 3.05) is 0 Å². The Balaban J connectivity index is 2.30. The molecule has 2 aromatic rings. The molecule has 0 spiro atoms. The highest BCUT2D eigenvalue weighted by Gasteiger charge is 2.11. The quantitative estimate of drug-likeness (QED) is 0.867. The number of hydrogen-bond donors (Lipinski definition) is 1. The van der Waals surface area contributed by atoms with Gasteiger partial charge < -0.3 is 5.11 Å². The van der Waals surface area contributed by atoms with E-state index in [2.05, 4.69) is 9.97 Å². The fourth-order valence-electron chi connectivity index (χ4n) is 1.17. The van der Waals surface area contributed by atoms with Crippen molar-refractivity contribution in [1.29, 1.82) is 0 Å². The highest BCUT2D eigenvalue weighted by atomic mass is 32.2. The van der Waals surface area contributed by atoms with E-state index in [0.29, 0.717) is 0 Å². The monoisotopic (exact) mass is 268 g/mol. The van der Waals surface area contributed by atoms with E-state index < -0.39 is 17.6 Å². The van der Waals surface area contributed by atoms with Crippen molar-refractivity contribution in [3.63, 3.8) is 0 Å². The maximum absolute atomic E-state index is 13.5. The van der Waals surface area contributed by atoms with Gasteiger partial charge in [-0.15, -0.1) is 0 Å². The number of carbonyl (C=O) groups is 1. The highest BCUT2D eigenvalue weighted by molar-refractivity contribution is 7.99. The first kappa shape index (κ1) is 12.4. The van der Waals surface area contributed by atoms with Crippen LogP contribution in [-0.4, -0.2) is 21.0 Å². The summed E-state index contributed by atoms with van der Waals surface area (Å²) in [5.74, 6) is -2.34. The van der Waals surface area contributed by atoms with Crippen molar-refractivity contribution in [2.24, 2.45) is 0 Å². The zero-order valence-electron chi connectivity index (χ0n) is 8.80. The minimum atomic E-state index is -1.16. The van der Waals surface area contributed by atoms with E-state index in [1.807, 2.05) is 0 Å². The van der Waals surface area contributed by atoms with Crippen LogP contribution in [0.5, 0.6) is 0 Å². The number of aromatic nitrogens is 2. The molecule has 0 radical (unpaired) electrons. The van der Waals surface area contributed by atoms with E-state index in [1.165, 1.54) is 6.07 Å². The van der Waals surface area contributed by atoms with Crippen LogP contribution < -0.4 is 0 Å². The van der Waals surface area contributed by atoms with Gasteiger partial charge in [0.25, 0.3) is 0 Å². The summed E-state index contributed by atoms with van der Waals surface area (Å²) in [5, 5.41) is 8.93. The summed E-state index contributed by atoms with van der Waals surface area (Å²) in [6.07, 6.45) is 1.91. The van der Waals surface area contributed by atoms with E-state index in [-0.39, 0.29) is 15.6 Å². The molecule has 1 N–H and O–H groups in total. The van der Waals surface area contributed by atoms with Crippen LogP contribution in [0.15, 0.2) is 40.6 Å². The zero-order valence-corrected chi connectivity index (χ0v) is 9.62. The van der Waals surface area contributed by atoms with Gasteiger partial charge in [-0.3, -0.25) is 0 Å². The average molecular weight is 268 g/mol. The molecule has 1 heterocycles. The molecule has 0 aliphatic rings. The molecular weight excluding hydrogens is 262 g/mol. The number of rotatable bonds is 3. The third kappa shape index (κ3) is 2.80. The molecule has 0 aliphatic heterocycles. The van der Waals surface area contributed by atoms with Crippen LogP contribution in [-0.2, 0) is 0 Å². The van der Waals surface area contributed by atoms with Crippen molar-refractivity contribution in [3.05, 3.63) is 47.8 Å². The normalized spacial score (nSPS) is 10.3. The maximum Gasteiger partial charge on any atom is 0.335 e. The molecule has 0 saturated carbocycles. The summed E-state index contributed by atoms with van der Waals surface area (Å²) in [4.78, 5) is 18.1. The lowest BCUT2D eigenvalue weighted by Gasteiger charge is -2.03. The molecule has 0 atom stereocenters. The van der Waals surface area contributed by atoms with Gasteiger partial charge in [0.2, 0.25) is 0 Å². The van der Waals surface area contributed by atoms with Crippen LogP contribution in [0.25, 0.3) is 0 Å². The number of hydrogen-bond acceptors (Lipinski definition) is 4. The van der Waals surface area contributed by atoms with Crippen LogP contribution in [0.4, 0.5) is 8.78 Å². The first-order chi connectivity index (χ1) is 8.56. The van der Waals surface area contributed by atoms with Gasteiger partial charge in [-0.1, -0.05) is 0 Å². The van der Waals surface area contributed by atoms with E-state index >= 15 is 0 Å². The lowest BCUT2D eigenvalue weighted by atomic mass is 10.2. The fourth-order valence-corrected chi connectivity index (χ4v) is 1.93. The molecule has 4 nitrogen and oxygen atoms in total. The van der Waals surface area contributed by atoms with Crippen LogP contribution in [0, 0.1) is 11.6 Å². The van der Waals surface area contributed by atoms with E-state index in [1.54, 1.807) is 0 Å². The smallest absolute Gasteiger partial charge is 0.335 e. The Morgan fingerprint density at radius 1 is 1.22 bits per heavy atom. The van der Waals surface area contributed by atoms with Crippen molar-refractivity contribution >= 4 is 17.7 Å². The Morgan fingerprint density at radius 3 is 2.50 bits per heavy atom. The summed E-state index contributed by atoms with van der Waals surface area (Å²) < 4.78 is 26.0. The summed E-state index contributed by atoms with van der Waals surface area (Å²) in [7, 11) is 0. The van der Waals surface area contributed by atoms with Crippen molar-refractivity contribution < 1.29 is 18.7 Å². The fraction of sp³-hybridized carbons (Fsp3) is 0. The second kappa shape index (κ2) is 5.09. The number of nitrogens with zero attached hydrogens (tertiary/aromatic N) is 2. The number of carboxylic acids is 1. The zero-order chi connectivity index (χ0) is 13.1. The Labute approximate surface area is 105 Å². The predicted molar refractivity (Wildman–Crippen MR) is 59.5 cm³/mol. The minimum absolute atomic E-state index is 0.0407. The second-order valence-electron chi connectivity index (χ2n) is 3.24. The van der Waals surface area contributed by atoms with E-state index in [9.17, 15) is 13.6 Å². The lowest BCUT2D eigenvalue weighted by molar-refractivity contribution is 0.0696. The van der Waals surface area contributed by atoms with Gasteiger partial charge in [0.15, 0.2) is 11.0 Å². The first-order valence-electron chi connectivity index (χ1n) is 4.74. The van der Waals surface area contributed by atoms with Crippen LogP contribution in [0.1, 0.15) is 10.4 Å². The van der Waals surface area contributed by atoms with Gasteiger partial charge in [-0.2, -0.15) is 0 Å². The van der Waals surface area contributed by atoms with Crippen molar-refractivity contribution in [2.45, 2.75) is 10.1 Å². The number of halogens is 2. The van der Waals surface area contributed by atoms with Gasteiger partial charge in [0.05, 0.1) is 22.9 Å². The van der Waals surface area contributed by atoms with E-state index in [4.69, 9.17) is 5.11 Å². The molecule has 1 aromatic carbocycles. The molecule has 92 valence electrons. The molecule has 1 aromatic heterocycles. The minimum Gasteiger partial charge on any atom is -0.478 e. The summed E-state index contributed by atoms with van der Waals surface area (Å²) >= 11 is 0.827. The SMILES string of the molecule is O=C(O)c1ccc(F)c(Sc2ncc(F)cn2)c1. The molecular formula is C11H6F2N2O2S. The van der Waals surface area contributed by atoms with Crippen molar-refractivity contribution in [3.8, 4) is 0 Å². The molecule has 0 bridgehead atoms. The Hall–Kier alpha value is -2.02. The molecule has 0 fully saturated rings. The van der Waals surface area contributed by atoms with Crippen LogP contribution >= 0.6 is 11.8 Å². The Kier molecular flexibility index (Phi) is 3.52. The highest BCUT2D eigenvalue weighted by Crippen LogP contribution is 2.27. The first-order valence-corrected chi connectivity index (χ1v) is 5.56. The van der Waals surface area contributed by atoms with Crippen molar-refractivity contribution in [1.82, 2.24) is 9.97 Å². The molecule has 7 heteroatoms. The van der Waals surface area contributed by atoms with Gasteiger partial charge in [0, 0.05) is 0 Å². The summed E-state index contributed by atoms with van der Waals surface area (Å²) in [6, 6.07) is 3.39. The number of carboxylic acid groups (broad SMARTS) is 1. The average Bonchev–Trinajstić information content (AvgIpc) is 2.34. The molecule has 0 unspecified atom stereocenters. The van der Waals surface area contributed by atoms with Gasteiger partial charge in [-0.25, -0.2) is 23.5 Å². The topological polar surface area (TPSA) is 63.1 Å². The maximum atomic E-state index is 13.5. The third-order valence-corrected chi connectivity index (χ3v) is 2.90. The Morgan fingerprint density at radius 2 is 1.89 bits per heavy atom. The number of benzene rings is 1. The molecule has 0 aliphatic carbocycles. The molecule has 0 saturated heterocycles. The molecule has 0 amide bonds. The summed E-state index contributed by atoms with van der Waals surface area (Å²) in [6.45, 7) is 0. The summed E-state index contributed by atoms with van der Waals surface area (Å²) in [5.41, 5.74) is -0.0407. The number of aromatic carboxylic acids is 1. The van der Waals surface area contributed by atoms with Gasteiger partial charge in [-0.05, 0) is 30.0 Å². The van der Waals surface area contributed by atoms with Crippen LogP contribution in [0.2, 0.25) is 0 Å².